The number of hydrogen-bond donors (Lipinski definition) is 2. The Labute approximate surface area is 79.7 Å². The molecule has 0 atom stereocenters. The Kier molecular flexibility index (Phi) is 7.63. The molecule has 78 valence electrons. The Morgan fingerprint density at radius 2 is 1.92 bits per heavy atom. The molecule has 4 heteroatoms. The first-order chi connectivity index (χ1) is 6.22. The van der Waals surface area contributed by atoms with Gasteiger partial charge >= 0.3 is 0 Å². The van der Waals surface area contributed by atoms with Crippen LogP contribution >= 0.6 is 0 Å². The van der Waals surface area contributed by atoms with E-state index in [-0.39, 0.29) is 6.54 Å². The van der Waals surface area contributed by atoms with Crippen molar-refractivity contribution in [3.05, 3.63) is 0 Å². The van der Waals surface area contributed by atoms with E-state index in [9.17, 15) is 4.79 Å². The van der Waals surface area contributed by atoms with Gasteiger partial charge in [0.25, 0.3) is 5.91 Å². The fourth-order valence-corrected chi connectivity index (χ4v) is 1.10. The summed E-state index contributed by atoms with van der Waals surface area (Å²) in [5, 5.41) is 9.79. The smallest absolute Gasteiger partial charge is 0.259 e. The molecule has 0 heterocycles. The number of hydroxylamine groups is 2. The van der Waals surface area contributed by atoms with E-state index in [1.54, 1.807) is 0 Å². The highest BCUT2D eigenvalue weighted by Gasteiger charge is 2.06. The molecule has 1 amide bonds. The Hall–Kier alpha value is -0.610. The number of carbonyl (C=O) groups is 1. The zero-order valence-corrected chi connectivity index (χ0v) is 8.33. The monoisotopic (exact) mass is 188 g/mol. The quantitative estimate of drug-likeness (QED) is 0.357. The maximum absolute atomic E-state index is 10.8. The topological polar surface area (TPSA) is 66.6 Å². The molecular formula is C9H20N2O2. The van der Waals surface area contributed by atoms with Crippen LogP contribution in [0, 0.1) is 0 Å². The van der Waals surface area contributed by atoms with E-state index in [1.165, 1.54) is 19.3 Å². The molecule has 0 rings (SSSR count). The average molecular weight is 188 g/mol. The molecule has 0 aromatic heterocycles. The van der Waals surface area contributed by atoms with E-state index in [0.717, 1.165) is 12.8 Å². The summed E-state index contributed by atoms with van der Waals surface area (Å²) in [6.07, 6.45) is 5.49. The Morgan fingerprint density at radius 3 is 2.46 bits per heavy atom. The molecule has 0 unspecified atom stereocenters. The first kappa shape index (κ1) is 12.4. The lowest BCUT2D eigenvalue weighted by Crippen LogP contribution is -2.33. The van der Waals surface area contributed by atoms with Crippen molar-refractivity contribution in [2.24, 2.45) is 5.73 Å². The summed E-state index contributed by atoms with van der Waals surface area (Å²) < 4.78 is 0. The van der Waals surface area contributed by atoms with Gasteiger partial charge in [-0.15, -0.1) is 0 Å². The summed E-state index contributed by atoms with van der Waals surface area (Å²) in [5.41, 5.74) is 5.07. The number of amides is 1. The van der Waals surface area contributed by atoms with Gasteiger partial charge in [-0.3, -0.25) is 10.0 Å². The molecule has 0 saturated carbocycles. The molecule has 0 aliphatic heterocycles. The summed E-state index contributed by atoms with van der Waals surface area (Å²) in [6.45, 7) is 2.43. The van der Waals surface area contributed by atoms with Gasteiger partial charge in [-0.05, 0) is 6.42 Å². The summed E-state index contributed by atoms with van der Waals surface area (Å²) >= 11 is 0. The molecule has 0 aromatic rings. The van der Waals surface area contributed by atoms with E-state index in [0.29, 0.717) is 11.6 Å². The van der Waals surface area contributed by atoms with Gasteiger partial charge in [0.1, 0.15) is 0 Å². The van der Waals surface area contributed by atoms with Crippen molar-refractivity contribution in [3.63, 3.8) is 0 Å². The molecule has 3 N–H and O–H groups in total. The summed E-state index contributed by atoms with van der Waals surface area (Å²) in [7, 11) is 0. The summed E-state index contributed by atoms with van der Waals surface area (Å²) in [5.74, 6) is -0.407. The molecule has 0 bridgehead atoms. The van der Waals surface area contributed by atoms with Crippen LogP contribution in [0.4, 0.5) is 0 Å². The zero-order chi connectivity index (χ0) is 10.1. The van der Waals surface area contributed by atoms with Crippen LogP contribution in [0.3, 0.4) is 0 Å². The minimum atomic E-state index is -0.407. The van der Waals surface area contributed by atoms with Crippen LogP contribution in [0.25, 0.3) is 0 Å². The van der Waals surface area contributed by atoms with Crippen LogP contribution < -0.4 is 5.73 Å². The second-order valence-corrected chi connectivity index (χ2v) is 3.14. The van der Waals surface area contributed by atoms with Gasteiger partial charge in [-0.1, -0.05) is 32.6 Å². The van der Waals surface area contributed by atoms with Gasteiger partial charge in [0.2, 0.25) is 0 Å². The Balaban J connectivity index is 3.26. The van der Waals surface area contributed by atoms with Crippen molar-refractivity contribution < 1.29 is 10.0 Å². The molecule has 0 saturated heterocycles. The van der Waals surface area contributed by atoms with E-state index in [4.69, 9.17) is 10.9 Å². The number of unbranched alkanes of at least 4 members (excludes halogenated alkanes) is 4. The van der Waals surface area contributed by atoms with Gasteiger partial charge in [0, 0.05) is 6.54 Å². The van der Waals surface area contributed by atoms with Crippen LogP contribution in [0.15, 0.2) is 0 Å². The van der Waals surface area contributed by atoms with Crippen LogP contribution in [0.5, 0.6) is 0 Å². The van der Waals surface area contributed by atoms with Crippen molar-refractivity contribution in [2.45, 2.75) is 39.0 Å². The number of carbonyl (C=O) groups excluding carboxylic acids is 1. The summed E-state index contributed by atoms with van der Waals surface area (Å²) in [4.78, 5) is 10.8. The average Bonchev–Trinajstić information content (AvgIpc) is 2.16. The van der Waals surface area contributed by atoms with E-state index in [2.05, 4.69) is 6.92 Å². The molecular weight excluding hydrogens is 168 g/mol. The Bertz CT molecular complexity index is 140. The predicted molar refractivity (Wildman–Crippen MR) is 51.3 cm³/mol. The lowest BCUT2D eigenvalue weighted by molar-refractivity contribution is -0.163. The third-order valence-corrected chi connectivity index (χ3v) is 1.94. The van der Waals surface area contributed by atoms with Crippen molar-refractivity contribution in [3.8, 4) is 0 Å². The molecule has 0 spiro atoms. The highest BCUT2D eigenvalue weighted by molar-refractivity contribution is 5.76. The molecule has 13 heavy (non-hydrogen) atoms. The van der Waals surface area contributed by atoms with E-state index >= 15 is 0 Å². The van der Waals surface area contributed by atoms with Gasteiger partial charge in [-0.2, -0.15) is 0 Å². The van der Waals surface area contributed by atoms with Crippen molar-refractivity contribution >= 4 is 5.91 Å². The molecule has 0 aliphatic carbocycles. The second kappa shape index (κ2) is 8.01. The molecule has 0 aromatic carbocycles. The van der Waals surface area contributed by atoms with Gasteiger partial charge < -0.3 is 5.73 Å². The summed E-state index contributed by atoms with van der Waals surface area (Å²) in [6, 6.07) is 0. The third-order valence-electron chi connectivity index (χ3n) is 1.94. The highest BCUT2D eigenvalue weighted by Crippen LogP contribution is 2.02. The zero-order valence-electron chi connectivity index (χ0n) is 8.33. The van der Waals surface area contributed by atoms with E-state index in [1.807, 2.05) is 0 Å². The van der Waals surface area contributed by atoms with Crippen LogP contribution in [-0.4, -0.2) is 29.3 Å². The number of rotatable bonds is 7. The third kappa shape index (κ3) is 6.54. The van der Waals surface area contributed by atoms with Crippen LogP contribution in [-0.2, 0) is 4.79 Å². The number of nitrogens with two attached hydrogens (primary N) is 1. The van der Waals surface area contributed by atoms with E-state index < -0.39 is 5.91 Å². The normalized spacial score (nSPS) is 10.1. The lowest BCUT2D eigenvalue weighted by Gasteiger charge is -2.13. The van der Waals surface area contributed by atoms with Gasteiger partial charge in [0.05, 0.1) is 6.54 Å². The molecule has 4 nitrogen and oxygen atoms in total. The van der Waals surface area contributed by atoms with Crippen molar-refractivity contribution in [1.29, 1.82) is 0 Å². The van der Waals surface area contributed by atoms with Crippen LogP contribution in [0.1, 0.15) is 39.0 Å². The lowest BCUT2D eigenvalue weighted by atomic mass is 10.1. The first-order valence-corrected chi connectivity index (χ1v) is 4.91. The van der Waals surface area contributed by atoms with Crippen LogP contribution in [0.2, 0.25) is 0 Å². The van der Waals surface area contributed by atoms with Crippen molar-refractivity contribution in [1.82, 2.24) is 5.06 Å². The second-order valence-electron chi connectivity index (χ2n) is 3.14. The fraction of sp³-hybridized carbons (Fsp3) is 0.889. The largest absolute Gasteiger partial charge is 0.322 e. The SMILES string of the molecule is CCCCCCCN(O)C(=O)CN. The molecule has 0 fully saturated rings. The molecule has 0 aliphatic rings. The first-order valence-electron chi connectivity index (χ1n) is 4.91. The maximum atomic E-state index is 10.8. The fourth-order valence-electron chi connectivity index (χ4n) is 1.10. The van der Waals surface area contributed by atoms with Gasteiger partial charge in [0.15, 0.2) is 0 Å². The number of nitrogens with zero attached hydrogens (tertiary/aromatic N) is 1. The minimum absolute atomic E-state index is 0.120. The minimum Gasteiger partial charge on any atom is -0.322 e. The maximum Gasteiger partial charge on any atom is 0.259 e. The van der Waals surface area contributed by atoms with Crippen molar-refractivity contribution in [2.75, 3.05) is 13.1 Å². The number of hydrogen-bond acceptors (Lipinski definition) is 3. The standard InChI is InChI=1S/C9H20N2O2/c1-2-3-4-5-6-7-11(13)9(12)8-10/h13H,2-8,10H2,1H3. The molecule has 0 radical (unpaired) electrons. The van der Waals surface area contributed by atoms with Gasteiger partial charge in [-0.25, -0.2) is 5.06 Å². The Morgan fingerprint density at radius 1 is 1.31 bits per heavy atom. The predicted octanol–water partition coefficient (Wildman–Crippen LogP) is 1.13. The highest BCUT2D eigenvalue weighted by atomic mass is 16.5.